The van der Waals surface area contributed by atoms with Crippen molar-refractivity contribution in [3.05, 3.63) is 29.3 Å². The van der Waals surface area contributed by atoms with E-state index in [0.717, 1.165) is 19.3 Å². The Balaban J connectivity index is 2.28. The van der Waals surface area contributed by atoms with Gasteiger partial charge in [-0.2, -0.15) is 0 Å². The molecule has 21 heavy (non-hydrogen) atoms. The molecule has 6 heteroatoms. The number of hydrogen-bond donors (Lipinski definition) is 2. The number of carbonyl (C=O) groups excluding carboxylic acids is 1. The summed E-state index contributed by atoms with van der Waals surface area (Å²) in [6, 6.07) is 1.29. The number of carboxylic acids is 1. The number of anilines is 1. The van der Waals surface area contributed by atoms with Crippen LogP contribution in [0, 0.1) is 17.0 Å². The number of halogens is 2. The zero-order valence-corrected chi connectivity index (χ0v) is 11.7. The van der Waals surface area contributed by atoms with Gasteiger partial charge in [-0.15, -0.1) is 0 Å². The molecular weight excluding hydrogens is 280 g/mol. The van der Waals surface area contributed by atoms with E-state index in [-0.39, 0.29) is 11.6 Å². The first-order valence-corrected chi connectivity index (χ1v) is 6.87. The van der Waals surface area contributed by atoms with Gasteiger partial charge in [-0.3, -0.25) is 4.79 Å². The van der Waals surface area contributed by atoms with Crippen LogP contribution in [0.3, 0.4) is 0 Å². The van der Waals surface area contributed by atoms with Gasteiger partial charge in [0.25, 0.3) is 0 Å². The van der Waals surface area contributed by atoms with Gasteiger partial charge in [-0.1, -0.05) is 26.2 Å². The summed E-state index contributed by atoms with van der Waals surface area (Å²) in [4.78, 5) is 23.4. The molecule has 1 aromatic carbocycles. The fourth-order valence-corrected chi connectivity index (χ4v) is 2.66. The lowest BCUT2D eigenvalue weighted by atomic mass is 9.75. The van der Waals surface area contributed by atoms with Crippen LogP contribution in [0.25, 0.3) is 0 Å². The average molecular weight is 297 g/mol. The third kappa shape index (κ3) is 3.20. The summed E-state index contributed by atoms with van der Waals surface area (Å²) in [5.41, 5.74) is -1.27. The molecule has 1 aliphatic rings. The Labute approximate surface area is 121 Å². The second-order valence-corrected chi connectivity index (χ2v) is 5.69. The number of aromatic carboxylic acids is 1. The van der Waals surface area contributed by atoms with Crippen LogP contribution in [0.1, 0.15) is 49.4 Å². The van der Waals surface area contributed by atoms with E-state index in [1.165, 1.54) is 0 Å². The average Bonchev–Trinajstić information content (AvgIpc) is 2.43. The molecule has 1 aromatic rings. The van der Waals surface area contributed by atoms with Crippen molar-refractivity contribution in [1.29, 1.82) is 0 Å². The van der Waals surface area contributed by atoms with Crippen molar-refractivity contribution in [2.75, 3.05) is 5.32 Å². The van der Waals surface area contributed by atoms with Gasteiger partial charge in [0.05, 0.1) is 11.3 Å². The first-order chi connectivity index (χ1) is 9.83. The van der Waals surface area contributed by atoms with E-state index in [2.05, 4.69) is 5.32 Å². The Morgan fingerprint density at radius 3 is 2.29 bits per heavy atom. The van der Waals surface area contributed by atoms with E-state index in [1.54, 1.807) is 0 Å². The lowest BCUT2D eigenvalue weighted by molar-refractivity contribution is -0.126. The molecule has 1 aliphatic carbocycles. The summed E-state index contributed by atoms with van der Waals surface area (Å²) in [5, 5.41) is 11.5. The smallest absolute Gasteiger partial charge is 0.337 e. The predicted molar refractivity (Wildman–Crippen MR) is 73.1 cm³/mol. The largest absolute Gasteiger partial charge is 0.478 e. The van der Waals surface area contributed by atoms with Gasteiger partial charge in [0, 0.05) is 11.5 Å². The van der Waals surface area contributed by atoms with Crippen molar-refractivity contribution in [3.8, 4) is 0 Å². The lowest BCUT2D eigenvalue weighted by Crippen LogP contribution is -2.35. The quantitative estimate of drug-likeness (QED) is 0.896. The van der Waals surface area contributed by atoms with Crippen LogP contribution >= 0.6 is 0 Å². The number of hydrogen-bond acceptors (Lipinski definition) is 2. The summed E-state index contributed by atoms with van der Waals surface area (Å²) in [5.74, 6) is -4.22. The second-order valence-electron chi connectivity index (χ2n) is 5.69. The van der Waals surface area contributed by atoms with Crippen molar-refractivity contribution in [2.24, 2.45) is 5.41 Å². The van der Waals surface area contributed by atoms with E-state index < -0.39 is 28.6 Å². The van der Waals surface area contributed by atoms with Crippen LogP contribution in [0.15, 0.2) is 12.1 Å². The monoisotopic (exact) mass is 297 g/mol. The molecule has 0 radical (unpaired) electrons. The van der Waals surface area contributed by atoms with Crippen LogP contribution < -0.4 is 5.32 Å². The van der Waals surface area contributed by atoms with Gasteiger partial charge in [-0.25, -0.2) is 13.6 Å². The number of carbonyl (C=O) groups is 2. The molecule has 4 nitrogen and oxygen atoms in total. The van der Waals surface area contributed by atoms with E-state index >= 15 is 0 Å². The maximum atomic E-state index is 13.3. The Bertz CT molecular complexity index is 581. The van der Waals surface area contributed by atoms with E-state index in [9.17, 15) is 18.4 Å². The Morgan fingerprint density at radius 2 is 1.71 bits per heavy atom. The maximum absolute atomic E-state index is 13.3. The summed E-state index contributed by atoms with van der Waals surface area (Å²) in [6.45, 7) is 1.81. The molecule has 2 N–H and O–H groups in total. The number of carboxylic acid groups (broad SMARTS) is 1. The molecule has 2 rings (SSSR count). The fourth-order valence-electron chi connectivity index (χ4n) is 2.66. The maximum Gasteiger partial charge on any atom is 0.337 e. The summed E-state index contributed by atoms with van der Waals surface area (Å²) >= 11 is 0. The third-order valence-electron chi connectivity index (χ3n) is 4.04. The molecule has 0 aromatic heterocycles. The second kappa shape index (κ2) is 5.79. The fraction of sp³-hybridized carbons (Fsp3) is 0.467. The molecule has 0 atom stereocenters. The number of amides is 1. The highest BCUT2D eigenvalue weighted by atomic mass is 19.2. The number of benzene rings is 1. The predicted octanol–water partition coefficient (Wildman–Crippen LogP) is 3.57. The molecule has 0 unspecified atom stereocenters. The van der Waals surface area contributed by atoms with Crippen molar-refractivity contribution in [2.45, 2.75) is 39.0 Å². The van der Waals surface area contributed by atoms with Crippen molar-refractivity contribution in [1.82, 2.24) is 0 Å². The van der Waals surface area contributed by atoms with E-state index in [4.69, 9.17) is 5.11 Å². The number of rotatable bonds is 3. The topological polar surface area (TPSA) is 66.4 Å². The van der Waals surface area contributed by atoms with Gasteiger partial charge in [0.1, 0.15) is 0 Å². The minimum atomic E-state index is -1.42. The molecule has 1 amide bonds. The molecule has 1 saturated carbocycles. The first kappa shape index (κ1) is 15.4. The van der Waals surface area contributed by atoms with Crippen molar-refractivity contribution >= 4 is 17.6 Å². The SMILES string of the molecule is CC1(C(=O)Nc2cc(F)c(F)cc2C(=O)O)CCCCC1. The minimum absolute atomic E-state index is 0.210. The molecular formula is C15H17F2NO3. The standard InChI is InChI=1S/C15H17F2NO3/c1-15(5-3-2-4-6-15)14(21)18-12-8-11(17)10(16)7-9(12)13(19)20/h7-8H,2-6H2,1H3,(H,18,21)(H,19,20). The van der Waals surface area contributed by atoms with Gasteiger partial charge >= 0.3 is 5.97 Å². The molecule has 0 spiro atoms. The Hall–Kier alpha value is -1.98. The molecule has 0 heterocycles. The van der Waals surface area contributed by atoms with Crippen LogP contribution in [0.2, 0.25) is 0 Å². The lowest BCUT2D eigenvalue weighted by Gasteiger charge is -2.32. The summed E-state index contributed by atoms with van der Waals surface area (Å²) in [7, 11) is 0. The molecule has 0 saturated heterocycles. The normalized spacial score (nSPS) is 17.3. The zero-order valence-electron chi connectivity index (χ0n) is 11.7. The van der Waals surface area contributed by atoms with Gasteiger partial charge in [0.15, 0.2) is 11.6 Å². The molecule has 0 aliphatic heterocycles. The third-order valence-corrected chi connectivity index (χ3v) is 4.04. The van der Waals surface area contributed by atoms with Gasteiger partial charge in [-0.05, 0) is 18.9 Å². The number of nitrogens with one attached hydrogen (secondary N) is 1. The van der Waals surface area contributed by atoms with Crippen molar-refractivity contribution < 1.29 is 23.5 Å². The van der Waals surface area contributed by atoms with Gasteiger partial charge in [0.2, 0.25) is 5.91 Å². The van der Waals surface area contributed by atoms with Crippen molar-refractivity contribution in [3.63, 3.8) is 0 Å². The molecule has 114 valence electrons. The van der Waals surface area contributed by atoms with Crippen LogP contribution in [0.5, 0.6) is 0 Å². The van der Waals surface area contributed by atoms with Crippen LogP contribution in [0.4, 0.5) is 14.5 Å². The highest BCUT2D eigenvalue weighted by Gasteiger charge is 2.35. The Kier molecular flexibility index (Phi) is 4.25. The minimum Gasteiger partial charge on any atom is -0.478 e. The molecule has 0 bridgehead atoms. The zero-order chi connectivity index (χ0) is 15.6. The van der Waals surface area contributed by atoms with Crippen LogP contribution in [-0.4, -0.2) is 17.0 Å². The van der Waals surface area contributed by atoms with E-state index in [0.29, 0.717) is 25.0 Å². The highest BCUT2D eigenvalue weighted by molar-refractivity contribution is 6.02. The highest BCUT2D eigenvalue weighted by Crippen LogP contribution is 2.37. The molecule has 1 fully saturated rings. The van der Waals surface area contributed by atoms with Crippen LogP contribution in [-0.2, 0) is 4.79 Å². The summed E-state index contributed by atoms with van der Waals surface area (Å²) < 4.78 is 26.4. The first-order valence-electron chi connectivity index (χ1n) is 6.87. The summed E-state index contributed by atoms with van der Waals surface area (Å²) in [6.07, 6.45) is 4.31. The van der Waals surface area contributed by atoms with E-state index in [1.807, 2.05) is 6.92 Å². The van der Waals surface area contributed by atoms with Gasteiger partial charge < -0.3 is 10.4 Å². The Morgan fingerprint density at radius 1 is 1.14 bits per heavy atom.